The third-order valence-electron chi connectivity index (χ3n) is 1.37. The van der Waals surface area contributed by atoms with Crippen molar-refractivity contribution in [3.05, 3.63) is 12.2 Å². The second kappa shape index (κ2) is 5.11. The lowest BCUT2D eigenvalue weighted by Gasteiger charge is -2.20. The van der Waals surface area contributed by atoms with E-state index in [2.05, 4.69) is 6.58 Å². The van der Waals surface area contributed by atoms with E-state index >= 15 is 0 Å². The largest absolute Gasteiger partial charge is 0.517 e. The van der Waals surface area contributed by atoms with E-state index < -0.39 is 26.4 Å². The monoisotopic (exact) mass is 230 g/mol. The molecule has 15 heavy (non-hydrogen) atoms. The van der Waals surface area contributed by atoms with Crippen LogP contribution in [0.25, 0.3) is 0 Å². The summed E-state index contributed by atoms with van der Waals surface area (Å²) in [5.41, 5.74) is 0.266. The lowest BCUT2D eigenvalue weighted by atomic mass is 10.3. The zero-order valence-corrected chi connectivity index (χ0v) is 10.9. The van der Waals surface area contributed by atoms with Crippen molar-refractivity contribution >= 4 is 20.3 Å². The number of ether oxygens (including phenoxy) is 1. The van der Waals surface area contributed by atoms with Crippen molar-refractivity contribution in [2.75, 3.05) is 0 Å². The molecule has 0 fully saturated rings. The highest BCUT2D eigenvalue weighted by Crippen LogP contribution is 2.07. The average Bonchev–Trinajstić information content (AvgIpc) is 2.00. The van der Waals surface area contributed by atoms with Gasteiger partial charge in [0, 0.05) is 5.57 Å². The highest BCUT2D eigenvalue weighted by Gasteiger charge is 2.26. The topological polar surface area (TPSA) is 52.6 Å². The molecular formula is C10H18O4Si. The first kappa shape index (κ1) is 13.9. The molecule has 0 N–H and O–H groups in total. The van der Waals surface area contributed by atoms with Gasteiger partial charge in [-0.1, -0.05) is 6.58 Å². The van der Waals surface area contributed by atoms with E-state index in [-0.39, 0.29) is 5.57 Å². The maximum absolute atomic E-state index is 11.4. The molecule has 0 bridgehead atoms. The van der Waals surface area contributed by atoms with Crippen molar-refractivity contribution in [1.82, 2.24) is 0 Å². The Morgan fingerprint density at radius 2 is 1.73 bits per heavy atom. The normalized spacial score (nSPS) is 12.9. The standard InChI is InChI=1S/C10H18O4Si/c1-7(2)9(11)13-8(3)10(12)14-15(4,5)6/h8H,1H2,2-6H3. The molecule has 0 aromatic carbocycles. The van der Waals surface area contributed by atoms with Gasteiger partial charge in [0.05, 0.1) is 0 Å². The van der Waals surface area contributed by atoms with Crippen LogP contribution in [0.15, 0.2) is 12.2 Å². The molecule has 0 rings (SSSR count). The molecule has 0 spiro atoms. The highest BCUT2D eigenvalue weighted by molar-refractivity contribution is 6.71. The van der Waals surface area contributed by atoms with Gasteiger partial charge in [-0.15, -0.1) is 0 Å². The molecule has 86 valence electrons. The highest BCUT2D eigenvalue weighted by atomic mass is 28.4. The molecule has 0 aliphatic carbocycles. The summed E-state index contributed by atoms with van der Waals surface area (Å²) in [4.78, 5) is 22.5. The molecule has 0 saturated heterocycles. The molecule has 0 radical (unpaired) electrons. The Morgan fingerprint density at radius 3 is 2.07 bits per heavy atom. The van der Waals surface area contributed by atoms with E-state index in [0.29, 0.717) is 0 Å². The second-order valence-electron chi connectivity index (χ2n) is 4.36. The zero-order chi connectivity index (χ0) is 12.2. The van der Waals surface area contributed by atoms with E-state index in [9.17, 15) is 9.59 Å². The van der Waals surface area contributed by atoms with Gasteiger partial charge in [-0.2, -0.15) is 0 Å². The van der Waals surface area contributed by atoms with Crippen LogP contribution in [0, 0.1) is 0 Å². The van der Waals surface area contributed by atoms with Gasteiger partial charge in [-0.05, 0) is 33.5 Å². The van der Waals surface area contributed by atoms with Crippen molar-refractivity contribution < 1.29 is 18.8 Å². The predicted molar refractivity (Wildman–Crippen MR) is 59.8 cm³/mol. The number of carbonyl (C=O) groups is 2. The summed E-state index contributed by atoms with van der Waals surface area (Å²) >= 11 is 0. The number of rotatable bonds is 4. The summed E-state index contributed by atoms with van der Waals surface area (Å²) in [6.45, 7) is 12.1. The van der Waals surface area contributed by atoms with Crippen molar-refractivity contribution in [3.8, 4) is 0 Å². The van der Waals surface area contributed by atoms with E-state index in [1.165, 1.54) is 13.8 Å². The lowest BCUT2D eigenvalue weighted by molar-refractivity contribution is -0.158. The van der Waals surface area contributed by atoms with Crippen molar-refractivity contribution in [3.63, 3.8) is 0 Å². The fourth-order valence-electron chi connectivity index (χ4n) is 0.694. The number of hydrogen-bond donors (Lipinski definition) is 0. The lowest BCUT2D eigenvalue weighted by Crippen LogP contribution is -2.36. The molecule has 0 aliphatic rings. The summed E-state index contributed by atoms with van der Waals surface area (Å²) < 4.78 is 10.0. The molecule has 0 saturated carbocycles. The minimum absolute atomic E-state index is 0.266. The van der Waals surface area contributed by atoms with Crippen LogP contribution in [0.2, 0.25) is 19.6 Å². The zero-order valence-electron chi connectivity index (χ0n) is 9.92. The molecule has 0 heterocycles. The summed E-state index contributed by atoms with van der Waals surface area (Å²) in [7, 11) is -1.92. The molecule has 4 nitrogen and oxygen atoms in total. The number of esters is 1. The quantitative estimate of drug-likeness (QED) is 0.420. The van der Waals surface area contributed by atoms with E-state index in [4.69, 9.17) is 9.16 Å². The van der Waals surface area contributed by atoms with Crippen LogP contribution in [0.1, 0.15) is 13.8 Å². The summed E-state index contributed by atoms with van der Waals surface area (Å²) in [6, 6.07) is 0. The third-order valence-corrected chi connectivity index (χ3v) is 2.18. The van der Waals surface area contributed by atoms with Gasteiger partial charge in [-0.25, -0.2) is 9.59 Å². The Morgan fingerprint density at radius 1 is 1.27 bits per heavy atom. The first-order valence-electron chi connectivity index (χ1n) is 4.73. The minimum atomic E-state index is -1.92. The predicted octanol–water partition coefficient (Wildman–Crippen LogP) is 1.87. The van der Waals surface area contributed by atoms with E-state index in [1.54, 1.807) is 0 Å². The summed E-state index contributed by atoms with van der Waals surface area (Å²) in [5, 5.41) is 0. The van der Waals surface area contributed by atoms with Crippen molar-refractivity contribution in [2.45, 2.75) is 39.6 Å². The van der Waals surface area contributed by atoms with Crippen molar-refractivity contribution in [2.24, 2.45) is 0 Å². The average molecular weight is 230 g/mol. The van der Waals surface area contributed by atoms with Crippen LogP contribution in [-0.4, -0.2) is 26.4 Å². The molecule has 1 atom stereocenters. The summed E-state index contributed by atoms with van der Waals surface area (Å²) in [6.07, 6.45) is -0.874. The molecular weight excluding hydrogens is 212 g/mol. The van der Waals surface area contributed by atoms with E-state index in [1.807, 2.05) is 19.6 Å². The van der Waals surface area contributed by atoms with Gasteiger partial charge >= 0.3 is 11.9 Å². The van der Waals surface area contributed by atoms with Gasteiger partial charge in [0.2, 0.25) is 8.32 Å². The first-order valence-corrected chi connectivity index (χ1v) is 8.13. The van der Waals surface area contributed by atoms with Crippen LogP contribution in [0.4, 0.5) is 0 Å². The molecule has 0 aliphatic heterocycles. The van der Waals surface area contributed by atoms with Gasteiger partial charge in [0.1, 0.15) is 0 Å². The maximum Gasteiger partial charge on any atom is 0.333 e. The molecule has 0 aromatic rings. The fraction of sp³-hybridized carbons (Fsp3) is 0.600. The van der Waals surface area contributed by atoms with E-state index in [0.717, 1.165) is 0 Å². The Kier molecular flexibility index (Phi) is 4.74. The fourth-order valence-corrected chi connectivity index (χ4v) is 1.46. The Labute approximate surface area is 91.4 Å². The van der Waals surface area contributed by atoms with Crippen LogP contribution in [-0.2, 0) is 18.8 Å². The van der Waals surface area contributed by atoms with Crippen molar-refractivity contribution in [1.29, 1.82) is 0 Å². The van der Waals surface area contributed by atoms with Gasteiger partial charge < -0.3 is 9.16 Å². The van der Waals surface area contributed by atoms with Gasteiger partial charge in [0.25, 0.3) is 0 Å². The Hall–Kier alpha value is -1.10. The molecule has 1 unspecified atom stereocenters. The molecule has 5 heteroatoms. The first-order chi connectivity index (χ1) is 6.63. The maximum atomic E-state index is 11.4. The Balaban J connectivity index is 4.23. The number of hydrogen-bond acceptors (Lipinski definition) is 4. The smallest absolute Gasteiger partial charge is 0.333 e. The molecule has 0 amide bonds. The molecule has 0 aromatic heterocycles. The van der Waals surface area contributed by atoms with Gasteiger partial charge in [-0.3, -0.25) is 0 Å². The third kappa shape index (κ3) is 6.06. The van der Waals surface area contributed by atoms with Crippen LogP contribution >= 0.6 is 0 Å². The van der Waals surface area contributed by atoms with Crippen LogP contribution < -0.4 is 0 Å². The second-order valence-corrected chi connectivity index (χ2v) is 8.79. The Bertz CT molecular complexity index is 278. The van der Waals surface area contributed by atoms with Crippen LogP contribution in [0.3, 0.4) is 0 Å². The minimum Gasteiger partial charge on any atom is -0.517 e. The SMILES string of the molecule is C=C(C)C(=O)OC(C)C(=O)O[Si](C)(C)C. The van der Waals surface area contributed by atoms with Crippen LogP contribution in [0.5, 0.6) is 0 Å². The van der Waals surface area contributed by atoms with Gasteiger partial charge in [0.15, 0.2) is 6.10 Å². The summed E-state index contributed by atoms with van der Waals surface area (Å²) in [5.74, 6) is -1.07. The number of carbonyl (C=O) groups excluding carboxylic acids is 2.